The van der Waals surface area contributed by atoms with Crippen LogP contribution in [0.3, 0.4) is 0 Å². The molecule has 4 nitrogen and oxygen atoms in total. The van der Waals surface area contributed by atoms with Gasteiger partial charge >= 0.3 is 0 Å². The molecule has 2 aromatic rings. The van der Waals surface area contributed by atoms with Gasteiger partial charge in [-0.3, -0.25) is 15.1 Å². The van der Waals surface area contributed by atoms with Gasteiger partial charge in [0.05, 0.1) is 4.92 Å². The smallest absolute Gasteiger partial charge is 0.261 e. The number of nitro benzene ring substituents is 1. The van der Waals surface area contributed by atoms with Crippen molar-refractivity contribution in [2.75, 3.05) is 0 Å². The molecular formula is C13H12N2O2. The predicted molar refractivity (Wildman–Crippen MR) is 65.8 cm³/mol. The Kier molecular flexibility index (Phi) is 2.87. The molecule has 0 aliphatic rings. The van der Waals surface area contributed by atoms with Crippen LogP contribution in [0.5, 0.6) is 0 Å². The summed E-state index contributed by atoms with van der Waals surface area (Å²) in [5, 5.41) is 10.7. The van der Waals surface area contributed by atoms with Crippen LogP contribution in [0.2, 0.25) is 0 Å². The maximum Gasteiger partial charge on any atom is 0.270 e. The van der Waals surface area contributed by atoms with Crippen LogP contribution in [0.25, 0.3) is 11.1 Å². The zero-order chi connectivity index (χ0) is 12.4. The van der Waals surface area contributed by atoms with E-state index in [1.807, 2.05) is 26.0 Å². The Balaban J connectivity index is 2.56. The molecule has 1 aromatic heterocycles. The lowest BCUT2D eigenvalue weighted by Gasteiger charge is -2.06. The Morgan fingerprint density at radius 3 is 2.71 bits per heavy atom. The van der Waals surface area contributed by atoms with E-state index in [1.54, 1.807) is 18.3 Å². The molecule has 0 amide bonds. The zero-order valence-electron chi connectivity index (χ0n) is 9.68. The van der Waals surface area contributed by atoms with E-state index in [0.717, 1.165) is 22.4 Å². The average molecular weight is 228 g/mol. The number of aryl methyl sites for hydroxylation is 2. The van der Waals surface area contributed by atoms with E-state index < -0.39 is 0 Å². The molecular weight excluding hydrogens is 216 g/mol. The van der Waals surface area contributed by atoms with E-state index in [0.29, 0.717) is 0 Å². The van der Waals surface area contributed by atoms with E-state index in [1.165, 1.54) is 6.07 Å². The molecule has 0 bridgehead atoms. The number of benzene rings is 1. The Labute approximate surface area is 99.1 Å². The van der Waals surface area contributed by atoms with Gasteiger partial charge in [-0.2, -0.15) is 0 Å². The summed E-state index contributed by atoms with van der Waals surface area (Å²) in [6.45, 7) is 3.85. The molecule has 0 atom stereocenters. The Morgan fingerprint density at radius 2 is 2.00 bits per heavy atom. The van der Waals surface area contributed by atoms with E-state index in [9.17, 15) is 10.1 Å². The topological polar surface area (TPSA) is 56.0 Å². The Morgan fingerprint density at radius 1 is 1.24 bits per heavy atom. The summed E-state index contributed by atoms with van der Waals surface area (Å²) < 4.78 is 0. The molecule has 0 saturated carbocycles. The average Bonchev–Trinajstić information content (AvgIpc) is 2.32. The van der Waals surface area contributed by atoms with E-state index in [-0.39, 0.29) is 10.6 Å². The molecule has 0 saturated heterocycles. The first-order chi connectivity index (χ1) is 8.08. The van der Waals surface area contributed by atoms with Crippen LogP contribution in [0.1, 0.15) is 11.3 Å². The molecule has 0 radical (unpaired) electrons. The van der Waals surface area contributed by atoms with Crippen LogP contribution in [0.4, 0.5) is 5.69 Å². The third-order valence-corrected chi connectivity index (χ3v) is 2.61. The van der Waals surface area contributed by atoms with Gasteiger partial charge in [-0.1, -0.05) is 12.1 Å². The second kappa shape index (κ2) is 4.33. The van der Waals surface area contributed by atoms with Crippen molar-refractivity contribution in [3.63, 3.8) is 0 Å². The van der Waals surface area contributed by atoms with Gasteiger partial charge in [-0.15, -0.1) is 0 Å². The van der Waals surface area contributed by atoms with E-state index in [2.05, 4.69) is 4.98 Å². The number of rotatable bonds is 2. The SMILES string of the molecule is Cc1cc(-c2cccc([N+](=O)[O-])c2)c(C)cn1. The summed E-state index contributed by atoms with van der Waals surface area (Å²) in [7, 11) is 0. The lowest BCUT2D eigenvalue weighted by atomic mass is 10.0. The van der Waals surface area contributed by atoms with Crippen molar-refractivity contribution in [2.45, 2.75) is 13.8 Å². The maximum absolute atomic E-state index is 10.7. The number of aromatic nitrogens is 1. The fourth-order valence-electron chi connectivity index (χ4n) is 1.73. The van der Waals surface area contributed by atoms with Gasteiger partial charge in [0.1, 0.15) is 0 Å². The van der Waals surface area contributed by atoms with Crippen LogP contribution < -0.4 is 0 Å². The first-order valence-corrected chi connectivity index (χ1v) is 5.26. The zero-order valence-corrected chi connectivity index (χ0v) is 9.68. The van der Waals surface area contributed by atoms with Crippen molar-refractivity contribution >= 4 is 5.69 Å². The van der Waals surface area contributed by atoms with Gasteiger partial charge in [0.25, 0.3) is 5.69 Å². The maximum atomic E-state index is 10.7. The van der Waals surface area contributed by atoms with Crippen molar-refractivity contribution < 1.29 is 4.92 Å². The monoisotopic (exact) mass is 228 g/mol. The molecule has 4 heteroatoms. The highest BCUT2D eigenvalue weighted by Crippen LogP contribution is 2.26. The molecule has 0 spiro atoms. The molecule has 0 unspecified atom stereocenters. The van der Waals surface area contributed by atoms with E-state index >= 15 is 0 Å². The number of hydrogen-bond acceptors (Lipinski definition) is 3. The number of hydrogen-bond donors (Lipinski definition) is 0. The van der Waals surface area contributed by atoms with Crippen LogP contribution in [-0.4, -0.2) is 9.91 Å². The first kappa shape index (κ1) is 11.3. The highest BCUT2D eigenvalue weighted by atomic mass is 16.6. The number of nitrogens with zero attached hydrogens (tertiary/aromatic N) is 2. The third-order valence-electron chi connectivity index (χ3n) is 2.61. The lowest BCUT2D eigenvalue weighted by Crippen LogP contribution is -1.91. The predicted octanol–water partition coefficient (Wildman–Crippen LogP) is 3.27. The molecule has 0 aliphatic carbocycles. The molecule has 0 N–H and O–H groups in total. The third kappa shape index (κ3) is 2.30. The van der Waals surface area contributed by atoms with Crippen LogP contribution in [0.15, 0.2) is 36.5 Å². The minimum absolute atomic E-state index is 0.108. The van der Waals surface area contributed by atoms with Crippen molar-refractivity contribution in [1.29, 1.82) is 0 Å². The number of pyridine rings is 1. The quantitative estimate of drug-likeness (QED) is 0.585. The van der Waals surface area contributed by atoms with Crippen molar-refractivity contribution in [3.05, 3.63) is 57.9 Å². The number of non-ortho nitro benzene ring substituents is 1. The number of nitro groups is 1. The minimum Gasteiger partial charge on any atom is -0.261 e. The summed E-state index contributed by atoms with van der Waals surface area (Å²) in [5.74, 6) is 0. The highest BCUT2D eigenvalue weighted by Gasteiger charge is 2.09. The van der Waals surface area contributed by atoms with Crippen molar-refractivity contribution in [1.82, 2.24) is 4.98 Å². The van der Waals surface area contributed by atoms with Crippen LogP contribution in [0, 0.1) is 24.0 Å². The van der Waals surface area contributed by atoms with Gasteiger partial charge < -0.3 is 0 Å². The van der Waals surface area contributed by atoms with Gasteiger partial charge in [0, 0.05) is 24.0 Å². The summed E-state index contributed by atoms with van der Waals surface area (Å²) in [5.41, 5.74) is 3.85. The van der Waals surface area contributed by atoms with Crippen LogP contribution in [-0.2, 0) is 0 Å². The summed E-state index contributed by atoms with van der Waals surface area (Å²) >= 11 is 0. The molecule has 17 heavy (non-hydrogen) atoms. The van der Waals surface area contributed by atoms with Crippen molar-refractivity contribution in [2.24, 2.45) is 0 Å². The summed E-state index contributed by atoms with van der Waals surface area (Å²) in [4.78, 5) is 14.5. The lowest BCUT2D eigenvalue weighted by molar-refractivity contribution is -0.384. The fourth-order valence-corrected chi connectivity index (χ4v) is 1.73. The normalized spacial score (nSPS) is 10.2. The first-order valence-electron chi connectivity index (χ1n) is 5.26. The van der Waals surface area contributed by atoms with Gasteiger partial charge in [-0.05, 0) is 36.6 Å². The van der Waals surface area contributed by atoms with Gasteiger partial charge in [0.15, 0.2) is 0 Å². The van der Waals surface area contributed by atoms with Crippen LogP contribution >= 0.6 is 0 Å². The molecule has 0 aliphatic heterocycles. The standard InChI is InChI=1S/C13H12N2O2/c1-9-8-14-10(2)6-13(9)11-4-3-5-12(7-11)15(16)17/h3-8H,1-2H3. The second-order valence-electron chi connectivity index (χ2n) is 3.95. The summed E-state index contributed by atoms with van der Waals surface area (Å²) in [6.07, 6.45) is 1.78. The van der Waals surface area contributed by atoms with Crippen molar-refractivity contribution in [3.8, 4) is 11.1 Å². The van der Waals surface area contributed by atoms with Gasteiger partial charge in [0.2, 0.25) is 0 Å². The molecule has 0 fully saturated rings. The largest absolute Gasteiger partial charge is 0.270 e. The molecule has 1 heterocycles. The van der Waals surface area contributed by atoms with Gasteiger partial charge in [-0.25, -0.2) is 0 Å². The molecule has 1 aromatic carbocycles. The minimum atomic E-state index is -0.382. The second-order valence-corrected chi connectivity index (χ2v) is 3.95. The fraction of sp³-hybridized carbons (Fsp3) is 0.154. The highest BCUT2D eigenvalue weighted by molar-refractivity contribution is 5.69. The van der Waals surface area contributed by atoms with E-state index in [4.69, 9.17) is 0 Å². The Bertz CT molecular complexity index is 579. The Hall–Kier alpha value is -2.23. The summed E-state index contributed by atoms with van der Waals surface area (Å²) in [6, 6.07) is 8.58. The molecule has 2 rings (SSSR count). The molecule has 86 valence electrons.